The van der Waals surface area contributed by atoms with Gasteiger partial charge in [0.1, 0.15) is 11.1 Å². The van der Waals surface area contributed by atoms with Crippen molar-refractivity contribution in [1.82, 2.24) is 10.3 Å². The van der Waals surface area contributed by atoms with Crippen molar-refractivity contribution in [3.05, 3.63) is 53.7 Å². The molecule has 160 valence electrons. The molecule has 0 saturated heterocycles. The van der Waals surface area contributed by atoms with Crippen molar-refractivity contribution < 1.29 is 27.2 Å². The van der Waals surface area contributed by atoms with E-state index in [0.717, 1.165) is 17.8 Å². The van der Waals surface area contributed by atoms with E-state index in [-0.39, 0.29) is 28.4 Å². The van der Waals surface area contributed by atoms with Crippen molar-refractivity contribution in [1.29, 1.82) is 5.26 Å². The lowest BCUT2D eigenvalue weighted by Gasteiger charge is -2.14. The van der Waals surface area contributed by atoms with Crippen LogP contribution in [0.1, 0.15) is 31.0 Å². The van der Waals surface area contributed by atoms with E-state index in [1.165, 1.54) is 10.9 Å². The second kappa shape index (κ2) is 9.18. The molecule has 0 atom stereocenters. The Balaban J connectivity index is 1.86. The van der Waals surface area contributed by atoms with E-state index in [1.54, 1.807) is 36.4 Å². The molecule has 0 radical (unpaired) electrons. The molecule has 3 aromatic rings. The minimum Gasteiger partial charge on any atom is -0.288 e. The number of rotatable bonds is 6. The van der Waals surface area contributed by atoms with E-state index >= 15 is 0 Å². The van der Waals surface area contributed by atoms with E-state index in [0.29, 0.717) is 5.56 Å². The number of anilines is 1. The smallest absolute Gasteiger partial charge is 0.288 e. The summed E-state index contributed by atoms with van der Waals surface area (Å²) in [4.78, 5) is 16.5. The number of halogens is 3. The van der Waals surface area contributed by atoms with Gasteiger partial charge in [-0.3, -0.25) is 14.6 Å². The first kappa shape index (κ1) is 22.3. The van der Waals surface area contributed by atoms with E-state index in [2.05, 4.69) is 15.6 Å². The van der Waals surface area contributed by atoms with E-state index in [1.807, 2.05) is 13.8 Å². The molecule has 31 heavy (non-hydrogen) atoms. The van der Waals surface area contributed by atoms with Crippen LogP contribution in [0, 0.1) is 11.3 Å². The summed E-state index contributed by atoms with van der Waals surface area (Å²) in [5, 5.41) is 15.4. The molecule has 0 bridgehead atoms. The number of nitriles is 1. The molecule has 0 aliphatic carbocycles. The predicted octanol–water partition coefficient (Wildman–Crippen LogP) is 4.23. The molecule has 7 nitrogen and oxygen atoms in total. The van der Waals surface area contributed by atoms with Crippen molar-refractivity contribution >= 4 is 23.6 Å². The second-order valence-corrected chi connectivity index (χ2v) is 7.65. The quantitative estimate of drug-likeness (QED) is 0.448. The fourth-order valence-electron chi connectivity index (χ4n) is 2.58. The fourth-order valence-corrected chi connectivity index (χ4v) is 3.38. The molecule has 2 heterocycles. The molecule has 0 aliphatic rings. The highest BCUT2D eigenvalue weighted by Crippen LogP contribution is 2.37. The molecule has 0 unspecified atom stereocenters. The summed E-state index contributed by atoms with van der Waals surface area (Å²) >= 11 is 0.737. The monoisotopic (exact) mass is 448 g/mol. The molecule has 0 saturated carbocycles. The van der Waals surface area contributed by atoms with Crippen LogP contribution in [0.15, 0.2) is 52.1 Å². The highest BCUT2D eigenvalue weighted by Gasteiger charge is 2.36. The van der Waals surface area contributed by atoms with Crippen LogP contribution >= 0.6 is 11.8 Å². The number of nitrogens with zero attached hydrogens (tertiary/aromatic N) is 4. The van der Waals surface area contributed by atoms with E-state index in [9.17, 15) is 23.2 Å². The summed E-state index contributed by atoms with van der Waals surface area (Å²) < 4.78 is 47.2. The molecule has 0 spiro atoms. The van der Waals surface area contributed by atoms with Crippen LogP contribution in [0.25, 0.3) is 11.3 Å². The first-order valence-corrected chi connectivity index (χ1v) is 10.1. The van der Waals surface area contributed by atoms with Gasteiger partial charge in [-0.05, 0) is 24.6 Å². The van der Waals surface area contributed by atoms with Gasteiger partial charge in [-0.15, -0.1) is 0 Å². The van der Waals surface area contributed by atoms with Crippen LogP contribution < -0.4 is 10.00 Å². The number of pyridine rings is 1. The Hall–Kier alpha value is -3.39. The summed E-state index contributed by atoms with van der Waals surface area (Å²) in [6.45, 7) is 3.74. The Morgan fingerprint density at radius 1 is 1.32 bits per heavy atom. The van der Waals surface area contributed by atoms with Gasteiger partial charge in [0.25, 0.3) is 6.20 Å². The van der Waals surface area contributed by atoms with Crippen molar-refractivity contribution in [3.63, 3.8) is 0 Å². The Morgan fingerprint density at radius 2 is 2.03 bits per heavy atom. The number of thioether (sulfide) groups is 1. The molecular weight excluding hydrogens is 431 g/mol. The van der Waals surface area contributed by atoms with Gasteiger partial charge < -0.3 is 0 Å². The SMILES string of the molecule is CC(C)[n+]1cc(NC(=O)CSc2nc(-c3ccccc3)cc(C(F)(F)F)c2C#N)on1. The van der Waals surface area contributed by atoms with Gasteiger partial charge in [0.2, 0.25) is 11.2 Å². The van der Waals surface area contributed by atoms with Gasteiger partial charge in [0.05, 0.1) is 22.6 Å². The minimum absolute atomic E-state index is 0.0210. The van der Waals surface area contributed by atoms with Crippen LogP contribution in [0.2, 0.25) is 0 Å². The maximum atomic E-state index is 13.6. The van der Waals surface area contributed by atoms with Gasteiger partial charge >= 0.3 is 12.1 Å². The molecular formula is C20H17F3N5O2S+. The van der Waals surface area contributed by atoms with Gasteiger partial charge in [0.15, 0.2) is 6.04 Å². The Kier molecular flexibility index (Phi) is 6.60. The maximum absolute atomic E-state index is 13.6. The summed E-state index contributed by atoms with van der Waals surface area (Å²) in [7, 11) is 0. The molecule has 11 heteroatoms. The number of nitrogens with one attached hydrogen (secondary N) is 1. The summed E-state index contributed by atoms with van der Waals surface area (Å²) in [6, 6.07) is 10.7. The normalized spacial score (nSPS) is 11.4. The fraction of sp³-hybridized carbons (Fsp3) is 0.250. The lowest BCUT2D eigenvalue weighted by atomic mass is 10.1. The zero-order valence-electron chi connectivity index (χ0n) is 16.5. The summed E-state index contributed by atoms with van der Waals surface area (Å²) in [6.07, 6.45) is -3.26. The number of hydrogen-bond acceptors (Lipinski definition) is 6. The molecule has 1 aromatic carbocycles. The third-order valence-corrected chi connectivity index (χ3v) is 5.06. The second-order valence-electron chi connectivity index (χ2n) is 6.69. The van der Waals surface area contributed by atoms with Gasteiger partial charge in [-0.2, -0.15) is 18.4 Å². The third kappa shape index (κ3) is 5.40. The van der Waals surface area contributed by atoms with Gasteiger partial charge in [-0.25, -0.2) is 4.98 Å². The topological polar surface area (TPSA) is 95.7 Å². The van der Waals surface area contributed by atoms with E-state index < -0.39 is 23.2 Å². The third-order valence-electron chi connectivity index (χ3n) is 4.09. The number of carbonyl (C=O) groups is 1. The van der Waals surface area contributed by atoms with Gasteiger partial charge in [-0.1, -0.05) is 42.1 Å². The Morgan fingerprint density at radius 3 is 2.61 bits per heavy atom. The van der Waals surface area contributed by atoms with Crippen molar-refractivity contribution in [2.75, 3.05) is 11.1 Å². The number of hydrogen-bond donors (Lipinski definition) is 1. The number of benzene rings is 1. The van der Waals surface area contributed by atoms with Crippen LogP contribution in [0.3, 0.4) is 0 Å². The average Bonchev–Trinajstić information content (AvgIpc) is 3.20. The van der Waals surface area contributed by atoms with Gasteiger partial charge in [0, 0.05) is 5.56 Å². The van der Waals surface area contributed by atoms with Crippen LogP contribution in [-0.4, -0.2) is 21.9 Å². The van der Waals surface area contributed by atoms with Crippen molar-refractivity contribution in [2.45, 2.75) is 31.1 Å². The highest BCUT2D eigenvalue weighted by molar-refractivity contribution is 8.00. The Bertz CT molecular complexity index is 1120. The van der Waals surface area contributed by atoms with Crippen molar-refractivity contribution in [2.24, 2.45) is 0 Å². The van der Waals surface area contributed by atoms with Crippen LogP contribution in [-0.2, 0) is 11.0 Å². The zero-order chi connectivity index (χ0) is 22.6. The summed E-state index contributed by atoms with van der Waals surface area (Å²) in [5.74, 6) is -0.720. The highest BCUT2D eigenvalue weighted by atomic mass is 32.2. The lowest BCUT2D eigenvalue weighted by Crippen LogP contribution is -2.36. The Labute approximate surface area is 179 Å². The number of amides is 1. The molecule has 2 aromatic heterocycles. The molecule has 1 amide bonds. The first-order chi connectivity index (χ1) is 14.7. The van der Waals surface area contributed by atoms with Crippen molar-refractivity contribution in [3.8, 4) is 17.3 Å². The van der Waals surface area contributed by atoms with Crippen LogP contribution in [0.5, 0.6) is 0 Å². The lowest BCUT2D eigenvalue weighted by molar-refractivity contribution is -0.779. The number of aromatic nitrogens is 3. The molecule has 1 N–H and O–H groups in total. The largest absolute Gasteiger partial charge is 0.417 e. The molecule has 0 aliphatic heterocycles. The zero-order valence-corrected chi connectivity index (χ0v) is 17.3. The average molecular weight is 448 g/mol. The maximum Gasteiger partial charge on any atom is 0.417 e. The van der Waals surface area contributed by atoms with E-state index in [4.69, 9.17) is 4.52 Å². The minimum atomic E-state index is -4.75. The number of alkyl halides is 3. The predicted molar refractivity (Wildman–Crippen MR) is 106 cm³/mol. The molecule has 0 fully saturated rings. The molecule has 3 rings (SSSR count). The first-order valence-electron chi connectivity index (χ1n) is 9.07. The number of carbonyl (C=O) groups excluding carboxylic acids is 1. The standard InChI is InChI=1S/C20H16F3N5O2S/c1-12(2)28-10-18(30-27-28)26-17(29)11-31-19-14(9-24)15(20(21,22)23)8-16(25-19)13-6-4-3-5-7-13/h3-8,10,12H,11H2,1-2H3/p+1. The summed E-state index contributed by atoms with van der Waals surface area (Å²) in [5.41, 5.74) is -1.20. The van der Waals surface area contributed by atoms with Crippen LogP contribution in [0.4, 0.5) is 19.1 Å².